The van der Waals surface area contributed by atoms with Gasteiger partial charge in [-0.3, -0.25) is 0 Å². The lowest BCUT2D eigenvalue weighted by Gasteiger charge is -1.85. The highest BCUT2D eigenvalue weighted by Crippen LogP contribution is 1.99. The quantitative estimate of drug-likeness (QED) is 0.643. The third kappa shape index (κ3) is 3.17. The molecule has 2 heterocycles. The van der Waals surface area contributed by atoms with Gasteiger partial charge >= 0.3 is 0 Å². The SMILES string of the molecule is CC.CC.Cc1cn2ncccc2n1. The van der Waals surface area contributed by atoms with Crippen LogP contribution in [0.15, 0.2) is 24.5 Å². The van der Waals surface area contributed by atoms with E-state index in [1.807, 2.05) is 52.9 Å². The van der Waals surface area contributed by atoms with Crippen LogP contribution in [0.2, 0.25) is 0 Å². The topological polar surface area (TPSA) is 30.2 Å². The van der Waals surface area contributed by atoms with Crippen LogP contribution in [0.3, 0.4) is 0 Å². The highest BCUT2D eigenvalue weighted by Gasteiger charge is 1.93. The maximum atomic E-state index is 4.21. The molecule has 2 rings (SSSR count). The number of aryl methyl sites for hydroxylation is 1. The second-order valence-corrected chi connectivity index (χ2v) is 2.21. The normalized spacial score (nSPS) is 8.36. The van der Waals surface area contributed by atoms with E-state index >= 15 is 0 Å². The van der Waals surface area contributed by atoms with Crippen LogP contribution in [0.4, 0.5) is 0 Å². The van der Waals surface area contributed by atoms with E-state index in [4.69, 9.17) is 0 Å². The minimum Gasteiger partial charge on any atom is -0.232 e. The predicted octanol–water partition coefficient (Wildman–Crippen LogP) is 3.09. The van der Waals surface area contributed by atoms with E-state index in [1.54, 1.807) is 10.7 Å². The van der Waals surface area contributed by atoms with Crippen LogP contribution in [0.1, 0.15) is 33.4 Å². The minimum atomic E-state index is 0.903. The van der Waals surface area contributed by atoms with Crippen molar-refractivity contribution in [3.05, 3.63) is 30.2 Å². The summed E-state index contributed by atoms with van der Waals surface area (Å²) in [5, 5.41) is 4.06. The molecule has 0 radical (unpaired) electrons. The average Bonchev–Trinajstić information content (AvgIpc) is 2.64. The number of nitrogens with zero attached hydrogens (tertiary/aromatic N) is 3. The Hall–Kier alpha value is -1.38. The summed E-state index contributed by atoms with van der Waals surface area (Å²) < 4.78 is 1.76. The molecule has 3 heteroatoms. The molecule has 2 aromatic heterocycles. The van der Waals surface area contributed by atoms with Crippen molar-refractivity contribution in [1.82, 2.24) is 14.6 Å². The summed E-state index contributed by atoms with van der Waals surface area (Å²) in [7, 11) is 0. The van der Waals surface area contributed by atoms with Gasteiger partial charge < -0.3 is 0 Å². The van der Waals surface area contributed by atoms with Crippen molar-refractivity contribution in [2.24, 2.45) is 0 Å². The molecule has 0 aliphatic carbocycles. The molecule has 0 aromatic carbocycles. The molecule has 2 aromatic rings. The van der Waals surface area contributed by atoms with Crippen LogP contribution >= 0.6 is 0 Å². The molecule has 0 saturated heterocycles. The van der Waals surface area contributed by atoms with Gasteiger partial charge in [0.2, 0.25) is 0 Å². The molecule has 0 atom stereocenters. The molecule has 0 unspecified atom stereocenters. The molecule has 14 heavy (non-hydrogen) atoms. The lowest BCUT2D eigenvalue weighted by atomic mass is 10.6. The molecule has 78 valence electrons. The summed E-state index contributed by atoms with van der Waals surface area (Å²) in [6, 6.07) is 3.81. The standard InChI is InChI=1S/C7H7N3.2C2H6/c1-6-5-10-7(9-6)3-2-4-8-10;2*1-2/h2-5H,1H3;2*1-2H3. The summed E-state index contributed by atoms with van der Waals surface area (Å²) in [4.78, 5) is 4.21. The maximum Gasteiger partial charge on any atom is 0.153 e. The lowest BCUT2D eigenvalue weighted by molar-refractivity contribution is 0.934. The zero-order valence-electron chi connectivity index (χ0n) is 9.65. The summed E-state index contributed by atoms with van der Waals surface area (Å²) in [5.41, 5.74) is 1.90. The predicted molar refractivity (Wildman–Crippen MR) is 60.4 cm³/mol. The zero-order chi connectivity index (χ0) is 11.0. The van der Waals surface area contributed by atoms with Crippen molar-refractivity contribution < 1.29 is 0 Å². The maximum absolute atomic E-state index is 4.21. The summed E-state index contributed by atoms with van der Waals surface area (Å²) in [6.45, 7) is 9.95. The van der Waals surface area contributed by atoms with Crippen LogP contribution in [0.25, 0.3) is 5.65 Å². The molecule has 0 bridgehead atoms. The Labute approximate surface area is 85.8 Å². The van der Waals surface area contributed by atoms with Gasteiger partial charge in [-0.25, -0.2) is 9.50 Å². The fourth-order valence-electron chi connectivity index (χ4n) is 0.949. The van der Waals surface area contributed by atoms with Crippen LogP contribution in [0.5, 0.6) is 0 Å². The van der Waals surface area contributed by atoms with Crippen LogP contribution < -0.4 is 0 Å². The number of hydrogen-bond donors (Lipinski definition) is 0. The highest BCUT2D eigenvalue weighted by molar-refractivity contribution is 5.36. The number of rotatable bonds is 0. The van der Waals surface area contributed by atoms with Crippen molar-refractivity contribution >= 4 is 5.65 Å². The van der Waals surface area contributed by atoms with Crippen molar-refractivity contribution in [3.63, 3.8) is 0 Å². The third-order valence-electron chi connectivity index (χ3n) is 1.36. The summed E-state index contributed by atoms with van der Waals surface area (Å²) in [6.07, 6.45) is 3.64. The number of hydrogen-bond acceptors (Lipinski definition) is 2. The molecule has 0 saturated carbocycles. The number of imidazole rings is 1. The first kappa shape index (κ1) is 12.6. The second kappa shape index (κ2) is 7.06. The Bertz CT molecular complexity index is 319. The molecule has 0 N–H and O–H groups in total. The van der Waals surface area contributed by atoms with E-state index in [-0.39, 0.29) is 0 Å². The number of fused-ring (bicyclic) bond motifs is 1. The molecular weight excluding hydrogens is 174 g/mol. The van der Waals surface area contributed by atoms with E-state index < -0.39 is 0 Å². The highest BCUT2D eigenvalue weighted by atomic mass is 15.2. The van der Waals surface area contributed by atoms with Gasteiger partial charge in [-0.1, -0.05) is 27.7 Å². The smallest absolute Gasteiger partial charge is 0.153 e. The van der Waals surface area contributed by atoms with Gasteiger partial charge in [0.05, 0.1) is 11.9 Å². The Balaban J connectivity index is 0.000000379. The Morgan fingerprint density at radius 1 is 1.14 bits per heavy atom. The minimum absolute atomic E-state index is 0.903. The molecule has 0 spiro atoms. The van der Waals surface area contributed by atoms with Gasteiger partial charge in [-0.2, -0.15) is 5.10 Å². The first-order valence-electron chi connectivity index (χ1n) is 5.13. The van der Waals surface area contributed by atoms with E-state index in [0.717, 1.165) is 11.3 Å². The molecule has 0 fully saturated rings. The van der Waals surface area contributed by atoms with Crippen molar-refractivity contribution in [3.8, 4) is 0 Å². The lowest BCUT2D eigenvalue weighted by Crippen LogP contribution is -1.85. The van der Waals surface area contributed by atoms with E-state index in [0.29, 0.717) is 0 Å². The monoisotopic (exact) mass is 193 g/mol. The van der Waals surface area contributed by atoms with Gasteiger partial charge in [0.1, 0.15) is 0 Å². The Morgan fingerprint density at radius 3 is 2.36 bits per heavy atom. The van der Waals surface area contributed by atoms with E-state index in [9.17, 15) is 0 Å². The largest absolute Gasteiger partial charge is 0.232 e. The van der Waals surface area contributed by atoms with Crippen molar-refractivity contribution in [2.45, 2.75) is 34.6 Å². The van der Waals surface area contributed by atoms with E-state index in [2.05, 4.69) is 10.1 Å². The fourth-order valence-corrected chi connectivity index (χ4v) is 0.949. The van der Waals surface area contributed by atoms with Gasteiger partial charge in [-0.05, 0) is 19.1 Å². The van der Waals surface area contributed by atoms with Gasteiger partial charge in [0, 0.05) is 6.20 Å². The van der Waals surface area contributed by atoms with E-state index in [1.165, 1.54) is 0 Å². The first-order chi connectivity index (χ1) is 6.86. The second-order valence-electron chi connectivity index (χ2n) is 2.21. The van der Waals surface area contributed by atoms with Gasteiger partial charge in [0.15, 0.2) is 5.65 Å². The fraction of sp³-hybridized carbons (Fsp3) is 0.455. The summed E-state index contributed by atoms with van der Waals surface area (Å²) in [5.74, 6) is 0. The van der Waals surface area contributed by atoms with Crippen LogP contribution in [-0.4, -0.2) is 14.6 Å². The van der Waals surface area contributed by atoms with Crippen LogP contribution in [0, 0.1) is 6.92 Å². The Kier molecular flexibility index (Phi) is 6.37. The molecular formula is C11H19N3. The Morgan fingerprint density at radius 2 is 1.79 bits per heavy atom. The number of aromatic nitrogens is 3. The molecule has 0 aliphatic rings. The molecule has 3 nitrogen and oxygen atoms in total. The summed E-state index contributed by atoms with van der Waals surface area (Å²) >= 11 is 0. The molecule has 0 aliphatic heterocycles. The van der Waals surface area contributed by atoms with Gasteiger partial charge in [0.25, 0.3) is 0 Å². The average molecular weight is 193 g/mol. The van der Waals surface area contributed by atoms with Gasteiger partial charge in [-0.15, -0.1) is 0 Å². The molecule has 0 amide bonds. The van der Waals surface area contributed by atoms with Crippen molar-refractivity contribution in [1.29, 1.82) is 0 Å². The van der Waals surface area contributed by atoms with Crippen molar-refractivity contribution in [2.75, 3.05) is 0 Å². The van der Waals surface area contributed by atoms with Crippen LogP contribution in [-0.2, 0) is 0 Å². The third-order valence-corrected chi connectivity index (χ3v) is 1.36. The zero-order valence-corrected chi connectivity index (χ0v) is 9.65. The first-order valence-corrected chi connectivity index (χ1v) is 5.13.